The molecular weight excluding hydrogens is 268 g/mol. The Kier molecular flexibility index (Phi) is 5.14. The van der Waals surface area contributed by atoms with E-state index < -0.39 is 0 Å². The maximum Gasteiger partial charge on any atom is 0.127 e. The van der Waals surface area contributed by atoms with Crippen LogP contribution in [0.3, 0.4) is 0 Å². The highest BCUT2D eigenvalue weighted by molar-refractivity contribution is 5.63. The Labute approximate surface area is 136 Å². The van der Waals surface area contributed by atoms with E-state index in [1.54, 1.807) is 5.57 Å². The summed E-state index contributed by atoms with van der Waals surface area (Å²) in [7, 11) is 0. The molecule has 2 rings (SSSR count). The lowest BCUT2D eigenvalue weighted by Gasteiger charge is -2.53. The van der Waals surface area contributed by atoms with Crippen molar-refractivity contribution >= 4 is 6.29 Å². The Morgan fingerprint density at radius 3 is 2.82 bits per heavy atom. The predicted molar refractivity (Wildman–Crippen MR) is 94.7 cm³/mol. The van der Waals surface area contributed by atoms with E-state index in [-0.39, 0.29) is 10.8 Å². The van der Waals surface area contributed by atoms with Crippen LogP contribution in [0.4, 0.5) is 0 Å². The van der Waals surface area contributed by atoms with Crippen LogP contribution in [-0.2, 0) is 4.79 Å². The van der Waals surface area contributed by atoms with Crippen molar-refractivity contribution in [1.29, 1.82) is 0 Å². The molecule has 0 N–H and O–H groups in total. The van der Waals surface area contributed by atoms with Crippen LogP contribution in [0.1, 0.15) is 65.7 Å². The third kappa shape index (κ3) is 2.87. The minimum absolute atomic E-state index is 0.225. The number of fused-ring (bicyclic) bond motifs is 1. The zero-order valence-electron chi connectivity index (χ0n) is 14.7. The minimum atomic E-state index is -0.225. The molecule has 122 valence electrons. The predicted octanol–water partition coefficient (Wildman–Crippen LogP) is 5.88. The van der Waals surface area contributed by atoms with Crippen molar-refractivity contribution in [2.45, 2.75) is 65.7 Å². The van der Waals surface area contributed by atoms with Crippen molar-refractivity contribution in [2.24, 2.45) is 22.7 Å². The lowest BCUT2D eigenvalue weighted by atomic mass is 9.51. The normalized spacial score (nSPS) is 37.9. The van der Waals surface area contributed by atoms with Gasteiger partial charge >= 0.3 is 0 Å². The second-order valence-electron chi connectivity index (χ2n) is 7.98. The Balaban J connectivity index is 2.37. The standard InChI is InChI=1S/C21H32O/c1-6-12-21(15-22)17(4)9-10-18-19(21)8-7-13-20(18,5)14-11-16(2)3/h6,10,15,17,19H,1-2,7-9,11-14H2,3-5H3/t17?,19?,20-,21-/m1/s1. The molecule has 0 aliphatic heterocycles. The first kappa shape index (κ1) is 17.2. The molecule has 0 aromatic carbocycles. The summed E-state index contributed by atoms with van der Waals surface area (Å²) >= 11 is 0. The summed E-state index contributed by atoms with van der Waals surface area (Å²) in [6, 6.07) is 0. The van der Waals surface area contributed by atoms with Crippen LogP contribution in [0, 0.1) is 22.7 Å². The molecule has 4 atom stereocenters. The van der Waals surface area contributed by atoms with Crippen LogP contribution >= 0.6 is 0 Å². The van der Waals surface area contributed by atoms with Gasteiger partial charge in [0.1, 0.15) is 6.29 Å². The fourth-order valence-electron chi connectivity index (χ4n) is 4.83. The molecule has 1 fully saturated rings. The minimum Gasteiger partial charge on any atom is -0.303 e. The maximum absolute atomic E-state index is 12.1. The van der Waals surface area contributed by atoms with Gasteiger partial charge in [-0.15, -0.1) is 13.2 Å². The molecule has 2 unspecified atom stereocenters. The first-order valence-electron chi connectivity index (χ1n) is 8.82. The quantitative estimate of drug-likeness (QED) is 0.442. The average Bonchev–Trinajstić information content (AvgIpc) is 2.49. The molecule has 0 radical (unpaired) electrons. The molecule has 1 saturated carbocycles. The highest BCUT2D eigenvalue weighted by atomic mass is 16.1. The molecule has 1 nitrogen and oxygen atoms in total. The van der Waals surface area contributed by atoms with Crippen LogP contribution in [-0.4, -0.2) is 6.29 Å². The van der Waals surface area contributed by atoms with E-state index in [0.29, 0.717) is 11.8 Å². The fourth-order valence-corrected chi connectivity index (χ4v) is 4.83. The van der Waals surface area contributed by atoms with E-state index >= 15 is 0 Å². The number of hydrogen-bond acceptors (Lipinski definition) is 1. The van der Waals surface area contributed by atoms with Gasteiger partial charge in [0.2, 0.25) is 0 Å². The zero-order valence-corrected chi connectivity index (χ0v) is 14.7. The van der Waals surface area contributed by atoms with Crippen molar-refractivity contribution in [3.63, 3.8) is 0 Å². The highest BCUT2D eigenvalue weighted by Crippen LogP contribution is 2.58. The highest BCUT2D eigenvalue weighted by Gasteiger charge is 2.51. The van der Waals surface area contributed by atoms with Crippen molar-refractivity contribution in [3.8, 4) is 0 Å². The van der Waals surface area contributed by atoms with Crippen LogP contribution < -0.4 is 0 Å². The number of carbonyl (C=O) groups excluding carboxylic acids is 1. The average molecular weight is 300 g/mol. The molecule has 2 aliphatic carbocycles. The van der Waals surface area contributed by atoms with Crippen molar-refractivity contribution < 1.29 is 4.79 Å². The second-order valence-corrected chi connectivity index (χ2v) is 7.98. The summed E-state index contributed by atoms with van der Waals surface area (Å²) in [4.78, 5) is 12.1. The monoisotopic (exact) mass is 300 g/mol. The molecule has 0 aromatic heterocycles. The number of hydrogen-bond donors (Lipinski definition) is 0. The van der Waals surface area contributed by atoms with E-state index in [9.17, 15) is 4.79 Å². The third-order valence-corrected chi connectivity index (χ3v) is 6.37. The fraction of sp³-hybridized carbons (Fsp3) is 0.667. The summed E-state index contributed by atoms with van der Waals surface area (Å²) in [6.45, 7) is 14.8. The first-order valence-corrected chi connectivity index (χ1v) is 8.82. The van der Waals surface area contributed by atoms with E-state index in [1.165, 1.54) is 31.1 Å². The Morgan fingerprint density at radius 2 is 2.23 bits per heavy atom. The summed E-state index contributed by atoms with van der Waals surface area (Å²) in [5.41, 5.74) is 2.85. The number of allylic oxidation sites excluding steroid dienone is 4. The molecule has 0 saturated heterocycles. The Bertz CT molecular complexity index is 486. The van der Waals surface area contributed by atoms with Crippen LogP contribution in [0.2, 0.25) is 0 Å². The van der Waals surface area contributed by atoms with Gasteiger partial charge in [-0.1, -0.05) is 43.6 Å². The van der Waals surface area contributed by atoms with Gasteiger partial charge in [-0.2, -0.15) is 0 Å². The zero-order chi connectivity index (χ0) is 16.4. The molecule has 0 bridgehead atoms. The molecular formula is C21H32O. The number of carbonyl (C=O) groups is 1. The van der Waals surface area contributed by atoms with E-state index in [4.69, 9.17) is 0 Å². The lowest BCUT2D eigenvalue weighted by Crippen LogP contribution is -2.46. The molecule has 0 heterocycles. The van der Waals surface area contributed by atoms with E-state index in [1.807, 2.05) is 6.08 Å². The summed E-state index contributed by atoms with van der Waals surface area (Å²) < 4.78 is 0. The lowest BCUT2D eigenvalue weighted by molar-refractivity contribution is -0.123. The SMILES string of the molecule is C=CC[C@@]1(C=O)C(C)CC=C2C1CCC[C@]2(C)CCC(=C)C. The molecule has 1 heteroatoms. The topological polar surface area (TPSA) is 17.1 Å². The van der Waals surface area contributed by atoms with Crippen molar-refractivity contribution in [3.05, 3.63) is 36.5 Å². The first-order chi connectivity index (χ1) is 10.4. The largest absolute Gasteiger partial charge is 0.303 e. The molecule has 22 heavy (non-hydrogen) atoms. The van der Waals surface area contributed by atoms with Crippen molar-refractivity contribution in [2.75, 3.05) is 0 Å². The Hall–Kier alpha value is -1.11. The smallest absolute Gasteiger partial charge is 0.127 e. The van der Waals surface area contributed by atoms with Crippen molar-refractivity contribution in [1.82, 2.24) is 0 Å². The van der Waals surface area contributed by atoms with Crippen LogP contribution in [0.5, 0.6) is 0 Å². The van der Waals surface area contributed by atoms with Gasteiger partial charge in [-0.3, -0.25) is 0 Å². The summed E-state index contributed by atoms with van der Waals surface area (Å²) in [5, 5.41) is 0. The van der Waals surface area contributed by atoms with Gasteiger partial charge in [-0.25, -0.2) is 0 Å². The van der Waals surface area contributed by atoms with Gasteiger partial charge in [0.05, 0.1) is 0 Å². The Morgan fingerprint density at radius 1 is 1.50 bits per heavy atom. The van der Waals surface area contributed by atoms with Gasteiger partial charge in [-0.05, 0) is 62.7 Å². The number of aldehydes is 1. The van der Waals surface area contributed by atoms with E-state index in [0.717, 1.165) is 25.7 Å². The maximum atomic E-state index is 12.1. The van der Waals surface area contributed by atoms with Gasteiger partial charge < -0.3 is 4.79 Å². The van der Waals surface area contributed by atoms with Crippen LogP contribution in [0.15, 0.2) is 36.5 Å². The van der Waals surface area contributed by atoms with E-state index in [2.05, 4.69) is 40.0 Å². The molecule has 0 aromatic rings. The summed E-state index contributed by atoms with van der Waals surface area (Å²) in [5.74, 6) is 0.830. The van der Waals surface area contributed by atoms with Crippen LogP contribution in [0.25, 0.3) is 0 Å². The van der Waals surface area contributed by atoms with Gasteiger partial charge in [0, 0.05) is 5.41 Å². The molecule has 2 aliphatic rings. The molecule has 0 spiro atoms. The molecule has 0 amide bonds. The summed E-state index contributed by atoms with van der Waals surface area (Å²) in [6.07, 6.45) is 13.4. The van der Waals surface area contributed by atoms with Gasteiger partial charge in [0.15, 0.2) is 0 Å². The number of rotatable bonds is 6. The van der Waals surface area contributed by atoms with Gasteiger partial charge in [0.25, 0.3) is 0 Å². The second kappa shape index (κ2) is 6.56. The third-order valence-electron chi connectivity index (χ3n) is 6.37.